The predicted octanol–water partition coefficient (Wildman–Crippen LogP) is 2.57. The number of benzene rings is 1. The van der Waals surface area contributed by atoms with Crippen molar-refractivity contribution in [3.63, 3.8) is 0 Å². The summed E-state index contributed by atoms with van der Waals surface area (Å²) in [5.74, 6) is 0.806. The van der Waals surface area contributed by atoms with E-state index in [1.54, 1.807) is 0 Å². The summed E-state index contributed by atoms with van der Waals surface area (Å²) < 4.78 is 5.67. The van der Waals surface area contributed by atoms with Crippen LogP contribution in [0.1, 0.15) is 19.3 Å². The molecule has 0 amide bonds. The van der Waals surface area contributed by atoms with Crippen LogP contribution in [-0.2, 0) is 0 Å². The molecule has 1 unspecified atom stereocenters. The molecule has 1 heterocycles. The van der Waals surface area contributed by atoms with Crippen LogP contribution in [0.25, 0.3) is 0 Å². The number of halogens is 1. The lowest BCUT2D eigenvalue weighted by atomic mass is 10.0. The Morgan fingerprint density at radius 2 is 2.28 bits per heavy atom. The molecule has 1 aliphatic rings. The first-order valence-corrected chi connectivity index (χ1v) is 6.90. The van der Waals surface area contributed by atoms with E-state index in [0.29, 0.717) is 17.7 Å². The molecule has 1 N–H and O–H groups in total. The first-order valence-electron chi connectivity index (χ1n) is 6.53. The summed E-state index contributed by atoms with van der Waals surface area (Å²) in [6.07, 6.45) is 3.53. The molecule has 0 aliphatic carbocycles. The monoisotopic (exact) mass is 269 g/mol. The Labute approximate surface area is 113 Å². The van der Waals surface area contributed by atoms with Crippen LogP contribution in [-0.4, -0.2) is 42.4 Å². The van der Waals surface area contributed by atoms with Gasteiger partial charge >= 0.3 is 0 Å². The van der Waals surface area contributed by atoms with Crippen molar-refractivity contribution in [1.29, 1.82) is 0 Å². The van der Waals surface area contributed by atoms with Gasteiger partial charge in [0.05, 0.1) is 6.61 Å². The SMILES string of the molecule is OCC1CCCCN1CCOc1cccc(Cl)c1. The summed E-state index contributed by atoms with van der Waals surface area (Å²) in [7, 11) is 0. The Bertz CT molecular complexity index is 373. The number of hydrogen-bond donors (Lipinski definition) is 1. The quantitative estimate of drug-likeness (QED) is 0.892. The van der Waals surface area contributed by atoms with Gasteiger partial charge in [-0.25, -0.2) is 0 Å². The summed E-state index contributed by atoms with van der Waals surface area (Å²) in [4.78, 5) is 2.31. The molecule has 1 atom stereocenters. The van der Waals surface area contributed by atoms with Gasteiger partial charge in [-0.3, -0.25) is 4.90 Å². The molecular formula is C14H20ClNO2. The van der Waals surface area contributed by atoms with Gasteiger partial charge in [0.2, 0.25) is 0 Å². The molecule has 0 bridgehead atoms. The van der Waals surface area contributed by atoms with Crippen molar-refractivity contribution in [3.05, 3.63) is 29.3 Å². The maximum Gasteiger partial charge on any atom is 0.120 e. The first-order chi connectivity index (χ1) is 8.79. The summed E-state index contributed by atoms with van der Waals surface area (Å²) in [5.41, 5.74) is 0. The lowest BCUT2D eigenvalue weighted by Gasteiger charge is -2.34. The lowest BCUT2D eigenvalue weighted by Crippen LogP contribution is -2.43. The van der Waals surface area contributed by atoms with Gasteiger partial charge in [0.25, 0.3) is 0 Å². The molecular weight excluding hydrogens is 250 g/mol. The smallest absolute Gasteiger partial charge is 0.120 e. The van der Waals surface area contributed by atoms with E-state index in [-0.39, 0.29) is 6.61 Å². The van der Waals surface area contributed by atoms with Crippen molar-refractivity contribution >= 4 is 11.6 Å². The fourth-order valence-corrected chi connectivity index (χ4v) is 2.58. The summed E-state index contributed by atoms with van der Waals surface area (Å²) in [6, 6.07) is 7.75. The Morgan fingerprint density at radius 1 is 1.39 bits per heavy atom. The molecule has 3 nitrogen and oxygen atoms in total. The zero-order valence-electron chi connectivity index (χ0n) is 10.5. The van der Waals surface area contributed by atoms with Gasteiger partial charge < -0.3 is 9.84 Å². The molecule has 1 aromatic carbocycles. The minimum absolute atomic E-state index is 0.247. The Hall–Kier alpha value is -0.770. The van der Waals surface area contributed by atoms with Gasteiger partial charge in [0.15, 0.2) is 0 Å². The van der Waals surface area contributed by atoms with Crippen molar-refractivity contribution in [2.45, 2.75) is 25.3 Å². The molecule has 4 heteroatoms. The summed E-state index contributed by atoms with van der Waals surface area (Å²) in [5, 5.41) is 10.0. The number of likely N-dealkylation sites (tertiary alicyclic amines) is 1. The van der Waals surface area contributed by atoms with Crippen LogP contribution in [0.4, 0.5) is 0 Å². The topological polar surface area (TPSA) is 32.7 Å². The van der Waals surface area contributed by atoms with Gasteiger partial charge in [-0.1, -0.05) is 24.1 Å². The third-order valence-electron chi connectivity index (χ3n) is 3.40. The third kappa shape index (κ3) is 3.87. The van der Waals surface area contributed by atoms with E-state index in [2.05, 4.69) is 4.90 Å². The minimum Gasteiger partial charge on any atom is -0.492 e. The van der Waals surface area contributed by atoms with E-state index in [9.17, 15) is 5.11 Å². The average Bonchev–Trinajstić information content (AvgIpc) is 2.39. The fraction of sp³-hybridized carbons (Fsp3) is 0.571. The van der Waals surface area contributed by atoms with E-state index in [1.165, 1.54) is 12.8 Å². The van der Waals surface area contributed by atoms with Gasteiger partial charge in [-0.15, -0.1) is 0 Å². The molecule has 0 radical (unpaired) electrons. The maximum absolute atomic E-state index is 9.31. The van der Waals surface area contributed by atoms with E-state index in [4.69, 9.17) is 16.3 Å². The Morgan fingerprint density at radius 3 is 3.06 bits per heavy atom. The molecule has 2 rings (SSSR count). The lowest BCUT2D eigenvalue weighted by molar-refractivity contribution is 0.0773. The molecule has 0 saturated carbocycles. The number of ether oxygens (including phenoxy) is 1. The van der Waals surface area contributed by atoms with E-state index in [0.717, 1.165) is 25.3 Å². The molecule has 1 fully saturated rings. The van der Waals surface area contributed by atoms with E-state index in [1.807, 2.05) is 24.3 Å². The van der Waals surface area contributed by atoms with Crippen molar-refractivity contribution in [1.82, 2.24) is 4.90 Å². The maximum atomic E-state index is 9.31. The molecule has 18 heavy (non-hydrogen) atoms. The number of piperidine rings is 1. The largest absolute Gasteiger partial charge is 0.492 e. The molecule has 1 aromatic rings. The van der Waals surface area contributed by atoms with Gasteiger partial charge in [0.1, 0.15) is 12.4 Å². The number of nitrogens with zero attached hydrogens (tertiary/aromatic N) is 1. The van der Waals surface area contributed by atoms with Crippen molar-refractivity contribution in [2.75, 3.05) is 26.3 Å². The van der Waals surface area contributed by atoms with Crippen LogP contribution in [0.2, 0.25) is 5.02 Å². The third-order valence-corrected chi connectivity index (χ3v) is 3.64. The number of aliphatic hydroxyl groups excluding tert-OH is 1. The highest BCUT2D eigenvalue weighted by Crippen LogP contribution is 2.18. The Kier molecular flexibility index (Phi) is 5.29. The second-order valence-electron chi connectivity index (χ2n) is 4.67. The van der Waals surface area contributed by atoms with Crippen molar-refractivity contribution < 1.29 is 9.84 Å². The van der Waals surface area contributed by atoms with Crippen LogP contribution in [0.3, 0.4) is 0 Å². The van der Waals surface area contributed by atoms with Crippen LogP contribution in [0, 0.1) is 0 Å². The van der Waals surface area contributed by atoms with Crippen LogP contribution in [0.5, 0.6) is 5.75 Å². The first kappa shape index (κ1) is 13.7. The van der Waals surface area contributed by atoms with Gasteiger partial charge in [-0.05, 0) is 37.6 Å². The average molecular weight is 270 g/mol. The summed E-state index contributed by atoms with van der Waals surface area (Å²) in [6.45, 7) is 2.80. The molecule has 0 aromatic heterocycles. The second kappa shape index (κ2) is 6.98. The van der Waals surface area contributed by atoms with E-state index < -0.39 is 0 Å². The second-order valence-corrected chi connectivity index (χ2v) is 5.11. The zero-order valence-corrected chi connectivity index (χ0v) is 11.3. The minimum atomic E-state index is 0.247. The highest BCUT2D eigenvalue weighted by atomic mass is 35.5. The normalized spacial score (nSPS) is 20.9. The number of rotatable bonds is 5. The van der Waals surface area contributed by atoms with Crippen molar-refractivity contribution in [3.8, 4) is 5.75 Å². The van der Waals surface area contributed by atoms with Gasteiger partial charge in [0, 0.05) is 17.6 Å². The predicted molar refractivity (Wildman–Crippen MR) is 73.2 cm³/mol. The number of aliphatic hydroxyl groups is 1. The summed E-state index contributed by atoms with van der Waals surface area (Å²) >= 11 is 5.89. The molecule has 1 aliphatic heterocycles. The highest BCUT2D eigenvalue weighted by molar-refractivity contribution is 6.30. The standard InChI is InChI=1S/C14H20ClNO2/c15-12-4-3-6-14(10-12)18-9-8-16-7-2-1-5-13(16)11-17/h3-4,6,10,13,17H,1-2,5,7-9,11H2. The molecule has 100 valence electrons. The molecule has 1 saturated heterocycles. The fourth-order valence-electron chi connectivity index (χ4n) is 2.40. The van der Waals surface area contributed by atoms with E-state index >= 15 is 0 Å². The molecule has 0 spiro atoms. The van der Waals surface area contributed by atoms with Crippen molar-refractivity contribution in [2.24, 2.45) is 0 Å². The Balaban J connectivity index is 1.77. The van der Waals surface area contributed by atoms with Crippen LogP contribution in [0.15, 0.2) is 24.3 Å². The van der Waals surface area contributed by atoms with Crippen LogP contribution < -0.4 is 4.74 Å². The number of hydrogen-bond acceptors (Lipinski definition) is 3. The zero-order chi connectivity index (χ0) is 12.8. The van der Waals surface area contributed by atoms with Crippen LogP contribution >= 0.6 is 11.6 Å². The van der Waals surface area contributed by atoms with Gasteiger partial charge in [-0.2, -0.15) is 0 Å². The highest BCUT2D eigenvalue weighted by Gasteiger charge is 2.20.